The molecule has 1 aromatic heterocycles. The first-order valence-electron chi connectivity index (χ1n) is 13.1. The highest BCUT2D eigenvalue weighted by Crippen LogP contribution is 2.35. The molecule has 0 unspecified atom stereocenters. The molecule has 0 radical (unpaired) electrons. The van der Waals surface area contributed by atoms with E-state index < -0.39 is 0 Å². The van der Waals surface area contributed by atoms with Gasteiger partial charge in [-0.3, -0.25) is 0 Å². The minimum Gasteiger partial charge on any atom is -0.497 e. The normalized spacial score (nSPS) is 24.4. The molecule has 7 heteroatoms. The molecule has 2 aromatic rings. The highest BCUT2D eigenvalue weighted by Gasteiger charge is 2.28. The van der Waals surface area contributed by atoms with Crippen molar-refractivity contribution in [3.63, 3.8) is 0 Å². The molecule has 2 heterocycles. The van der Waals surface area contributed by atoms with Crippen LogP contribution in [0.2, 0.25) is 0 Å². The van der Waals surface area contributed by atoms with Crippen LogP contribution in [0.25, 0.3) is 0 Å². The Labute approximate surface area is 203 Å². The Morgan fingerprint density at radius 1 is 1.06 bits per heavy atom. The molecule has 5 rings (SSSR count). The van der Waals surface area contributed by atoms with Crippen molar-refractivity contribution in [1.82, 2.24) is 14.9 Å². The number of hydrogen-bond donors (Lipinski definition) is 3. The molecular weight excluding hydrogens is 426 g/mol. The number of benzene rings is 1. The van der Waals surface area contributed by atoms with Crippen molar-refractivity contribution in [2.45, 2.75) is 75.9 Å². The predicted molar refractivity (Wildman–Crippen MR) is 136 cm³/mol. The quantitative estimate of drug-likeness (QED) is 0.510. The van der Waals surface area contributed by atoms with Gasteiger partial charge >= 0.3 is 0 Å². The Morgan fingerprint density at radius 2 is 1.85 bits per heavy atom. The van der Waals surface area contributed by atoms with E-state index in [4.69, 9.17) is 14.7 Å². The van der Waals surface area contributed by atoms with Crippen LogP contribution in [0.3, 0.4) is 0 Å². The second-order valence-electron chi connectivity index (χ2n) is 10.4. The molecule has 0 amide bonds. The van der Waals surface area contributed by atoms with Crippen molar-refractivity contribution in [1.29, 1.82) is 0 Å². The van der Waals surface area contributed by atoms with Gasteiger partial charge in [0.05, 0.1) is 13.2 Å². The first kappa shape index (κ1) is 23.4. The Bertz CT molecular complexity index is 934. The number of nitrogens with zero attached hydrogens (tertiary/aromatic N) is 3. The maximum atomic E-state index is 9.93. The zero-order valence-electron chi connectivity index (χ0n) is 20.4. The lowest BCUT2D eigenvalue weighted by Gasteiger charge is -2.37. The number of piperidine rings is 1. The van der Waals surface area contributed by atoms with Gasteiger partial charge in [-0.2, -0.15) is 4.98 Å². The van der Waals surface area contributed by atoms with Crippen molar-refractivity contribution >= 4 is 17.5 Å². The summed E-state index contributed by atoms with van der Waals surface area (Å²) in [5.74, 6) is 3.77. The van der Waals surface area contributed by atoms with Crippen LogP contribution in [0, 0.1) is 5.92 Å². The van der Waals surface area contributed by atoms with Crippen molar-refractivity contribution in [2.75, 3.05) is 37.4 Å². The van der Waals surface area contributed by atoms with Gasteiger partial charge in [0.2, 0.25) is 5.95 Å². The molecule has 0 spiro atoms. The lowest BCUT2D eigenvalue weighted by atomic mass is 9.84. The van der Waals surface area contributed by atoms with Gasteiger partial charge in [-0.1, -0.05) is 12.5 Å². The zero-order chi connectivity index (χ0) is 23.3. The summed E-state index contributed by atoms with van der Waals surface area (Å²) in [6.07, 6.45) is 12.1. The molecule has 2 saturated carbocycles. The van der Waals surface area contributed by atoms with Gasteiger partial charge in [0.15, 0.2) is 0 Å². The standard InChI is InChI=1S/C27H39N5O2/c1-34-24-7-3-6-22(16-24)30-27-28-17-25(26(31-27)29-21-8-10-23(33)11-9-21)20-12-14-32(15-13-20)18-19-4-2-5-19/h3,6-7,16-17,19-21,23,33H,2,4-5,8-15,18H2,1H3,(H2,28,29,30,31)/t21-,23-. The molecule has 1 aromatic carbocycles. The van der Waals surface area contributed by atoms with E-state index in [0.29, 0.717) is 17.9 Å². The lowest BCUT2D eigenvalue weighted by molar-refractivity contribution is 0.126. The van der Waals surface area contributed by atoms with Crippen LogP contribution >= 0.6 is 0 Å². The number of aliphatic hydroxyl groups is 1. The van der Waals surface area contributed by atoms with E-state index in [1.165, 1.54) is 44.5 Å². The Kier molecular flexibility index (Phi) is 7.50. The van der Waals surface area contributed by atoms with Gasteiger partial charge in [0, 0.05) is 36.1 Å². The van der Waals surface area contributed by atoms with E-state index >= 15 is 0 Å². The monoisotopic (exact) mass is 465 g/mol. The van der Waals surface area contributed by atoms with Crippen LogP contribution in [0.1, 0.15) is 69.3 Å². The number of anilines is 3. The fourth-order valence-corrected chi connectivity index (χ4v) is 5.58. The summed E-state index contributed by atoms with van der Waals surface area (Å²) in [6, 6.07) is 8.18. The fourth-order valence-electron chi connectivity index (χ4n) is 5.58. The fraction of sp³-hybridized carbons (Fsp3) is 0.630. The summed E-state index contributed by atoms with van der Waals surface area (Å²) in [5.41, 5.74) is 2.15. The molecule has 1 saturated heterocycles. The first-order chi connectivity index (χ1) is 16.7. The second-order valence-corrected chi connectivity index (χ2v) is 10.4. The number of ether oxygens (including phenoxy) is 1. The summed E-state index contributed by atoms with van der Waals surface area (Å²) >= 11 is 0. The van der Waals surface area contributed by atoms with Gasteiger partial charge in [-0.25, -0.2) is 4.98 Å². The van der Waals surface area contributed by atoms with Crippen LogP contribution in [-0.2, 0) is 0 Å². The average molecular weight is 466 g/mol. The third-order valence-corrected chi connectivity index (χ3v) is 7.95. The molecule has 0 atom stereocenters. The summed E-state index contributed by atoms with van der Waals surface area (Å²) < 4.78 is 5.35. The van der Waals surface area contributed by atoms with Gasteiger partial charge < -0.3 is 25.4 Å². The number of hydrogen-bond acceptors (Lipinski definition) is 7. The molecule has 7 nitrogen and oxygen atoms in total. The molecule has 2 aliphatic carbocycles. The molecule has 184 valence electrons. The van der Waals surface area contributed by atoms with Crippen LogP contribution in [-0.4, -0.2) is 58.9 Å². The van der Waals surface area contributed by atoms with E-state index in [2.05, 4.69) is 15.5 Å². The van der Waals surface area contributed by atoms with E-state index in [-0.39, 0.29) is 6.10 Å². The maximum Gasteiger partial charge on any atom is 0.229 e. The molecule has 0 bridgehead atoms. The summed E-state index contributed by atoms with van der Waals surface area (Å²) in [4.78, 5) is 12.3. The highest BCUT2D eigenvalue weighted by atomic mass is 16.5. The van der Waals surface area contributed by atoms with Crippen molar-refractivity contribution in [3.05, 3.63) is 36.0 Å². The lowest BCUT2D eigenvalue weighted by Crippen LogP contribution is -2.38. The summed E-state index contributed by atoms with van der Waals surface area (Å²) in [5, 5.41) is 17.0. The van der Waals surface area contributed by atoms with Crippen LogP contribution in [0.4, 0.5) is 17.5 Å². The molecule has 1 aliphatic heterocycles. The van der Waals surface area contributed by atoms with E-state index in [1.807, 2.05) is 30.5 Å². The van der Waals surface area contributed by atoms with Gasteiger partial charge in [0.1, 0.15) is 11.6 Å². The van der Waals surface area contributed by atoms with Gasteiger partial charge in [-0.15, -0.1) is 0 Å². The Morgan fingerprint density at radius 3 is 2.56 bits per heavy atom. The number of aromatic nitrogens is 2. The molecule has 3 fully saturated rings. The second kappa shape index (κ2) is 10.9. The van der Waals surface area contributed by atoms with Crippen molar-refractivity contribution in [3.8, 4) is 5.75 Å². The highest BCUT2D eigenvalue weighted by molar-refractivity contribution is 5.58. The number of rotatable bonds is 8. The average Bonchev–Trinajstić information content (AvgIpc) is 2.84. The van der Waals surface area contributed by atoms with Crippen LogP contribution < -0.4 is 15.4 Å². The summed E-state index contributed by atoms with van der Waals surface area (Å²) in [6.45, 7) is 3.61. The number of aliphatic hydroxyl groups excluding tert-OH is 1. The van der Waals surface area contributed by atoms with E-state index in [9.17, 15) is 5.11 Å². The number of nitrogens with one attached hydrogen (secondary N) is 2. The minimum atomic E-state index is -0.159. The van der Waals surface area contributed by atoms with E-state index in [1.54, 1.807) is 7.11 Å². The van der Waals surface area contributed by atoms with Crippen LogP contribution in [0.5, 0.6) is 5.75 Å². The topological polar surface area (TPSA) is 82.5 Å². The Hall–Kier alpha value is -2.38. The molecule has 3 aliphatic rings. The van der Waals surface area contributed by atoms with Crippen LogP contribution in [0.15, 0.2) is 30.5 Å². The van der Waals surface area contributed by atoms with E-state index in [0.717, 1.165) is 61.7 Å². The first-order valence-corrected chi connectivity index (χ1v) is 13.1. The smallest absolute Gasteiger partial charge is 0.229 e. The maximum absolute atomic E-state index is 9.93. The number of likely N-dealkylation sites (tertiary alicyclic amines) is 1. The minimum absolute atomic E-state index is 0.159. The molecule has 34 heavy (non-hydrogen) atoms. The SMILES string of the molecule is COc1cccc(Nc2ncc(C3CCN(CC4CCC4)CC3)c(N[C@H]3CC[C@H](O)CC3)n2)c1. The van der Waals surface area contributed by atoms with Gasteiger partial charge in [0.25, 0.3) is 0 Å². The Balaban J connectivity index is 1.31. The zero-order valence-corrected chi connectivity index (χ0v) is 20.4. The summed E-state index contributed by atoms with van der Waals surface area (Å²) in [7, 11) is 1.67. The third kappa shape index (κ3) is 5.81. The number of methoxy groups -OCH3 is 1. The molecular formula is C27H39N5O2. The van der Waals surface area contributed by atoms with Gasteiger partial charge in [-0.05, 0) is 88.4 Å². The van der Waals surface area contributed by atoms with Crippen molar-refractivity contribution < 1.29 is 9.84 Å². The predicted octanol–water partition coefficient (Wildman–Crippen LogP) is 4.92. The largest absolute Gasteiger partial charge is 0.497 e. The molecule has 3 N–H and O–H groups in total. The third-order valence-electron chi connectivity index (χ3n) is 7.95. The van der Waals surface area contributed by atoms with Crippen molar-refractivity contribution in [2.24, 2.45) is 5.92 Å².